The molecular weight excluding hydrogens is 404 g/mol. The Kier molecular flexibility index (Phi) is 8.47. The third-order valence-electron chi connectivity index (χ3n) is 3.47. The van der Waals surface area contributed by atoms with Crippen LogP contribution in [0.2, 0.25) is 0 Å². The van der Waals surface area contributed by atoms with E-state index in [0.29, 0.717) is 19.5 Å². The number of nitrogens with zero attached hydrogens (tertiary/aromatic N) is 4. The fraction of sp³-hybridized carbons (Fsp3) is 0.625. The van der Waals surface area contributed by atoms with E-state index < -0.39 is 0 Å². The zero-order chi connectivity index (χ0) is 18.1. The van der Waals surface area contributed by atoms with Gasteiger partial charge in [0.2, 0.25) is 5.91 Å². The second-order valence-electron chi connectivity index (χ2n) is 5.46. The van der Waals surface area contributed by atoms with Crippen LogP contribution >= 0.6 is 27.7 Å². The molecule has 25 heavy (non-hydrogen) atoms. The normalized spacial score (nSPS) is 11.0. The average Bonchev–Trinajstić information content (AvgIpc) is 3.01. The summed E-state index contributed by atoms with van der Waals surface area (Å²) < 4.78 is 1.83. The summed E-state index contributed by atoms with van der Waals surface area (Å²) in [7, 11) is 0. The minimum Gasteiger partial charge on any atom is -0.369 e. The maximum absolute atomic E-state index is 11.7. The van der Waals surface area contributed by atoms with Crippen molar-refractivity contribution in [1.82, 2.24) is 25.1 Å². The van der Waals surface area contributed by atoms with Crippen molar-refractivity contribution in [2.75, 3.05) is 29.5 Å². The van der Waals surface area contributed by atoms with E-state index in [2.05, 4.69) is 55.5 Å². The molecule has 0 bridgehead atoms. The van der Waals surface area contributed by atoms with Crippen LogP contribution < -0.4 is 10.6 Å². The van der Waals surface area contributed by atoms with Crippen LogP contribution in [-0.2, 0) is 11.3 Å². The standard InChI is InChI=1S/C16H25BrN6OS/c1-3-8-19-14-12-11-20-23(10-9-18-13(24)6-5-7-17)15(12)22-16(21-14)25-4-2/h11H,3-10H2,1-2H3,(H,18,24)(H,19,21,22). The molecule has 2 N–H and O–H groups in total. The molecule has 0 saturated carbocycles. The Morgan fingerprint density at radius 3 is 2.88 bits per heavy atom. The summed E-state index contributed by atoms with van der Waals surface area (Å²) in [5.74, 6) is 1.81. The fourth-order valence-electron chi connectivity index (χ4n) is 2.29. The lowest BCUT2D eigenvalue weighted by molar-refractivity contribution is -0.121. The molecule has 2 heterocycles. The summed E-state index contributed by atoms with van der Waals surface area (Å²) in [6.45, 7) is 6.18. The Hall–Kier alpha value is -1.35. The van der Waals surface area contributed by atoms with Crippen LogP contribution in [0.5, 0.6) is 0 Å². The number of carbonyl (C=O) groups is 1. The first-order chi connectivity index (χ1) is 12.2. The second kappa shape index (κ2) is 10.6. The highest BCUT2D eigenvalue weighted by atomic mass is 79.9. The number of aromatic nitrogens is 4. The van der Waals surface area contributed by atoms with Gasteiger partial charge in [-0.1, -0.05) is 41.5 Å². The molecule has 7 nitrogen and oxygen atoms in total. The fourth-order valence-corrected chi connectivity index (χ4v) is 3.13. The van der Waals surface area contributed by atoms with Gasteiger partial charge >= 0.3 is 0 Å². The number of fused-ring (bicyclic) bond motifs is 1. The van der Waals surface area contributed by atoms with Crippen molar-refractivity contribution in [2.24, 2.45) is 0 Å². The number of rotatable bonds is 11. The number of halogens is 1. The summed E-state index contributed by atoms with van der Waals surface area (Å²) in [5.41, 5.74) is 0.805. The zero-order valence-electron chi connectivity index (χ0n) is 14.7. The maximum Gasteiger partial charge on any atom is 0.220 e. The molecule has 2 aromatic rings. The smallest absolute Gasteiger partial charge is 0.220 e. The summed E-state index contributed by atoms with van der Waals surface area (Å²) in [5, 5.41) is 13.2. The molecule has 9 heteroatoms. The number of anilines is 1. The molecular formula is C16H25BrN6OS. The van der Waals surface area contributed by atoms with Crippen molar-refractivity contribution in [2.45, 2.75) is 44.8 Å². The van der Waals surface area contributed by atoms with Crippen LogP contribution in [0, 0.1) is 0 Å². The van der Waals surface area contributed by atoms with Gasteiger partial charge in [0.1, 0.15) is 5.82 Å². The lowest BCUT2D eigenvalue weighted by Gasteiger charge is -2.09. The van der Waals surface area contributed by atoms with Gasteiger partial charge in [0.05, 0.1) is 18.1 Å². The molecule has 0 aliphatic heterocycles. The Morgan fingerprint density at radius 2 is 2.16 bits per heavy atom. The van der Waals surface area contributed by atoms with Crippen LogP contribution in [-0.4, -0.2) is 49.8 Å². The van der Waals surface area contributed by atoms with Crippen LogP contribution in [0.4, 0.5) is 5.82 Å². The lowest BCUT2D eigenvalue weighted by atomic mass is 10.3. The highest BCUT2D eigenvalue weighted by molar-refractivity contribution is 9.09. The van der Waals surface area contributed by atoms with Crippen LogP contribution in [0.1, 0.15) is 33.1 Å². The van der Waals surface area contributed by atoms with Gasteiger partial charge in [-0.15, -0.1) is 0 Å². The number of thioether (sulfide) groups is 1. The second-order valence-corrected chi connectivity index (χ2v) is 7.49. The minimum atomic E-state index is 0.0677. The van der Waals surface area contributed by atoms with E-state index in [1.807, 2.05) is 4.68 Å². The van der Waals surface area contributed by atoms with Gasteiger partial charge in [0.15, 0.2) is 10.8 Å². The third kappa shape index (κ3) is 5.85. The van der Waals surface area contributed by atoms with E-state index >= 15 is 0 Å². The zero-order valence-corrected chi connectivity index (χ0v) is 17.1. The first-order valence-electron chi connectivity index (χ1n) is 8.62. The van der Waals surface area contributed by atoms with E-state index in [-0.39, 0.29) is 5.91 Å². The van der Waals surface area contributed by atoms with Crippen LogP contribution in [0.3, 0.4) is 0 Å². The van der Waals surface area contributed by atoms with Crippen molar-refractivity contribution in [3.63, 3.8) is 0 Å². The molecule has 0 aliphatic rings. The predicted molar refractivity (Wildman–Crippen MR) is 107 cm³/mol. The van der Waals surface area contributed by atoms with E-state index in [0.717, 1.165) is 52.5 Å². The summed E-state index contributed by atoms with van der Waals surface area (Å²) in [6.07, 6.45) is 4.19. The number of carbonyl (C=O) groups excluding carboxylic acids is 1. The lowest BCUT2D eigenvalue weighted by Crippen LogP contribution is -2.27. The van der Waals surface area contributed by atoms with Gasteiger partial charge in [-0.3, -0.25) is 4.79 Å². The molecule has 2 rings (SSSR count). The predicted octanol–water partition coefficient (Wildman–Crippen LogP) is 3.05. The number of alkyl halides is 1. The molecule has 138 valence electrons. The molecule has 0 radical (unpaired) electrons. The van der Waals surface area contributed by atoms with Crippen molar-refractivity contribution < 1.29 is 4.79 Å². The molecule has 2 aromatic heterocycles. The highest BCUT2D eigenvalue weighted by Crippen LogP contribution is 2.24. The van der Waals surface area contributed by atoms with Crippen LogP contribution in [0.25, 0.3) is 11.0 Å². The summed E-state index contributed by atoms with van der Waals surface area (Å²) in [6, 6.07) is 0. The summed E-state index contributed by atoms with van der Waals surface area (Å²) >= 11 is 4.94. The molecule has 0 aromatic carbocycles. The van der Waals surface area contributed by atoms with Crippen molar-refractivity contribution in [3.8, 4) is 0 Å². The average molecular weight is 429 g/mol. The SMILES string of the molecule is CCCNc1nc(SCC)nc2c1cnn2CCNC(=O)CCCBr. The first kappa shape index (κ1) is 20.0. The van der Waals surface area contributed by atoms with Gasteiger partial charge in [-0.2, -0.15) is 5.10 Å². The van der Waals surface area contributed by atoms with Gasteiger partial charge in [-0.25, -0.2) is 14.6 Å². The van der Waals surface area contributed by atoms with Crippen molar-refractivity contribution in [3.05, 3.63) is 6.20 Å². The molecule has 0 spiro atoms. The number of amides is 1. The topological polar surface area (TPSA) is 84.7 Å². The Bertz CT molecular complexity index is 693. The van der Waals surface area contributed by atoms with E-state index in [4.69, 9.17) is 0 Å². The maximum atomic E-state index is 11.7. The first-order valence-corrected chi connectivity index (χ1v) is 10.7. The largest absolute Gasteiger partial charge is 0.369 e. The molecule has 0 saturated heterocycles. The molecule has 0 fully saturated rings. The Balaban J connectivity index is 2.11. The van der Waals surface area contributed by atoms with E-state index in [1.54, 1.807) is 18.0 Å². The monoisotopic (exact) mass is 428 g/mol. The number of nitrogens with one attached hydrogen (secondary N) is 2. The van der Waals surface area contributed by atoms with Crippen LogP contribution in [0.15, 0.2) is 11.4 Å². The van der Waals surface area contributed by atoms with Crippen molar-refractivity contribution in [1.29, 1.82) is 0 Å². The van der Waals surface area contributed by atoms with E-state index in [1.165, 1.54) is 0 Å². The summed E-state index contributed by atoms with van der Waals surface area (Å²) in [4.78, 5) is 20.9. The van der Waals surface area contributed by atoms with Gasteiger partial charge < -0.3 is 10.6 Å². The minimum absolute atomic E-state index is 0.0677. The van der Waals surface area contributed by atoms with Crippen molar-refractivity contribution >= 4 is 50.5 Å². The molecule has 0 unspecified atom stereocenters. The van der Waals surface area contributed by atoms with Gasteiger partial charge in [0.25, 0.3) is 0 Å². The third-order valence-corrected chi connectivity index (χ3v) is 4.77. The van der Waals surface area contributed by atoms with Gasteiger partial charge in [0, 0.05) is 24.8 Å². The highest BCUT2D eigenvalue weighted by Gasteiger charge is 2.13. The quantitative estimate of drug-likeness (QED) is 0.325. The Labute approximate surface area is 160 Å². The number of hydrogen-bond acceptors (Lipinski definition) is 6. The van der Waals surface area contributed by atoms with E-state index in [9.17, 15) is 4.79 Å². The molecule has 1 amide bonds. The number of hydrogen-bond donors (Lipinski definition) is 2. The van der Waals surface area contributed by atoms with Gasteiger partial charge in [-0.05, 0) is 18.6 Å². The molecule has 0 atom stereocenters. The molecule has 0 aliphatic carbocycles. The Morgan fingerprint density at radius 1 is 1.32 bits per heavy atom.